The number of rotatable bonds is 2. The van der Waals surface area contributed by atoms with Gasteiger partial charge in [0.1, 0.15) is 5.75 Å². The average molecular weight is 231 g/mol. The van der Waals surface area contributed by atoms with Crippen molar-refractivity contribution in [3.63, 3.8) is 0 Å². The highest BCUT2D eigenvalue weighted by Crippen LogP contribution is 2.24. The number of phenolic OH excluding ortho intramolecular Hbond substituents is 1. The van der Waals surface area contributed by atoms with E-state index in [0.29, 0.717) is 5.56 Å². The van der Waals surface area contributed by atoms with Crippen LogP contribution in [-0.4, -0.2) is 27.8 Å². The van der Waals surface area contributed by atoms with Gasteiger partial charge in [0.15, 0.2) is 0 Å². The third kappa shape index (κ3) is 2.28. The largest absolute Gasteiger partial charge is 0.508 e. The molecule has 0 aliphatic heterocycles. The van der Waals surface area contributed by atoms with Crippen LogP contribution in [0.5, 0.6) is 5.75 Å². The second-order valence-electron chi connectivity index (χ2n) is 3.75. The number of carbonyl (C=O) groups is 1. The van der Waals surface area contributed by atoms with Crippen molar-refractivity contribution >= 4 is 5.91 Å². The number of carbonyl (C=O) groups excluding carboxylic acids is 1. The summed E-state index contributed by atoms with van der Waals surface area (Å²) in [6.07, 6.45) is 3.50. The smallest absolute Gasteiger partial charge is 0.251 e. The fourth-order valence-electron chi connectivity index (χ4n) is 1.62. The van der Waals surface area contributed by atoms with E-state index in [1.54, 1.807) is 30.1 Å². The molecule has 0 bridgehead atoms. The maximum absolute atomic E-state index is 11.5. The summed E-state index contributed by atoms with van der Waals surface area (Å²) >= 11 is 0. The van der Waals surface area contributed by atoms with Gasteiger partial charge in [0, 0.05) is 31.4 Å². The predicted octanol–water partition coefficient (Wildman–Crippen LogP) is 1.15. The molecule has 0 radical (unpaired) electrons. The van der Waals surface area contributed by atoms with Gasteiger partial charge < -0.3 is 10.4 Å². The second-order valence-corrected chi connectivity index (χ2v) is 3.75. The molecule has 0 saturated heterocycles. The Labute approximate surface area is 98.7 Å². The lowest BCUT2D eigenvalue weighted by atomic mass is 10.1. The van der Waals surface area contributed by atoms with Crippen molar-refractivity contribution in [3.8, 4) is 16.9 Å². The number of aromatic hydroxyl groups is 1. The topological polar surface area (TPSA) is 67.2 Å². The molecular weight excluding hydrogens is 218 g/mol. The first-order valence-electron chi connectivity index (χ1n) is 5.15. The molecule has 0 atom stereocenters. The highest BCUT2D eigenvalue weighted by atomic mass is 16.3. The molecule has 88 valence electrons. The van der Waals surface area contributed by atoms with E-state index >= 15 is 0 Å². The minimum atomic E-state index is -0.231. The monoisotopic (exact) mass is 231 g/mol. The number of benzene rings is 1. The van der Waals surface area contributed by atoms with Crippen molar-refractivity contribution in [3.05, 3.63) is 36.2 Å². The standard InChI is InChI=1S/C12H13N3O2/c1-13-12(17)9-3-8(4-11(16)5-9)10-6-14-15(2)7-10/h3-7,16H,1-2H3,(H,13,17). The van der Waals surface area contributed by atoms with E-state index in [9.17, 15) is 9.90 Å². The number of phenols is 1. The van der Waals surface area contributed by atoms with Gasteiger partial charge in [-0.2, -0.15) is 5.10 Å². The number of nitrogens with zero attached hydrogens (tertiary/aromatic N) is 2. The molecule has 0 fully saturated rings. The Bertz CT molecular complexity index is 561. The summed E-state index contributed by atoms with van der Waals surface area (Å²) in [6, 6.07) is 4.75. The summed E-state index contributed by atoms with van der Waals surface area (Å²) in [5.41, 5.74) is 2.04. The molecule has 0 spiro atoms. The number of amides is 1. The molecule has 0 saturated carbocycles. The number of hydrogen-bond donors (Lipinski definition) is 2. The predicted molar refractivity (Wildman–Crippen MR) is 63.7 cm³/mol. The zero-order chi connectivity index (χ0) is 12.4. The lowest BCUT2D eigenvalue weighted by Crippen LogP contribution is -2.17. The van der Waals surface area contributed by atoms with Crippen LogP contribution < -0.4 is 5.32 Å². The van der Waals surface area contributed by atoms with E-state index in [0.717, 1.165) is 11.1 Å². The molecule has 0 unspecified atom stereocenters. The fourth-order valence-corrected chi connectivity index (χ4v) is 1.62. The number of nitrogens with one attached hydrogen (secondary N) is 1. The van der Waals surface area contributed by atoms with Gasteiger partial charge in [-0.3, -0.25) is 9.48 Å². The molecule has 5 nitrogen and oxygen atoms in total. The van der Waals surface area contributed by atoms with Crippen LogP contribution in [0.2, 0.25) is 0 Å². The van der Waals surface area contributed by atoms with Gasteiger partial charge in [-0.25, -0.2) is 0 Å². The first kappa shape index (κ1) is 11.2. The minimum absolute atomic E-state index is 0.0601. The van der Waals surface area contributed by atoms with Gasteiger partial charge in [-0.05, 0) is 23.8 Å². The van der Waals surface area contributed by atoms with Gasteiger partial charge in [0.25, 0.3) is 5.91 Å². The average Bonchev–Trinajstić information content (AvgIpc) is 2.74. The number of hydrogen-bond acceptors (Lipinski definition) is 3. The summed E-state index contributed by atoms with van der Waals surface area (Å²) in [4.78, 5) is 11.5. The van der Waals surface area contributed by atoms with Crippen LogP contribution >= 0.6 is 0 Å². The van der Waals surface area contributed by atoms with Crippen LogP contribution in [0, 0.1) is 0 Å². The Morgan fingerprint density at radius 2 is 2.12 bits per heavy atom. The summed E-state index contributed by atoms with van der Waals surface area (Å²) < 4.78 is 1.67. The maximum Gasteiger partial charge on any atom is 0.251 e. The normalized spacial score (nSPS) is 10.2. The molecule has 1 amide bonds. The molecule has 0 aliphatic rings. The Morgan fingerprint density at radius 1 is 1.35 bits per heavy atom. The van der Waals surface area contributed by atoms with Crippen molar-refractivity contribution in [2.45, 2.75) is 0 Å². The zero-order valence-electron chi connectivity index (χ0n) is 9.64. The van der Waals surface area contributed by atoms with Gasteiger partial charge in [-0.15, -0.1) is 0 Å². The number of aryl methyl sites for hydroxylation is 1. The molecule has 1 aromatic carbocycles. The van der Waals surface area contributed by atoms with Crippen LogP contribution in [0.25, 0.3) is 11.1 Å². The first-order chi connectivity index (χ1) is 8.10. The molecule has 2 rings (SSSR count). The van der Waals surface area contributed by atoms with Crippen LogP contribution in [-0.2, 0) is 7.05 Å². The Hall–Kier alpha value is -2.30. The van der Waals surface area contributed by atoms with Crippen LogP contribution in [0.4, 0.5) is 0 Å². The number of aromatic nitrogens is 2. The third-order valence-electron chi connectivity index (χ3n) is 2.45. The molecule has 17 heavy (non-hydrogen) atoms. The molecule has 1 heterocycles. The van der Waals surface area contributed by atoms with Crippen LogP contribution in [0.15, 0.2) is 30.6 Å². The summed E-state index contributed by atoms with van der Waals surface area (Å²) in [5, 5.41) is 16.2. The molecular formula is C12H13N3O2. The molecule has 1 aromatic heterocycles. The Morgan fingerprint density at radius 3 is 2.71 bits per heavy atom. The van der Waals surface area contributed by atoms with Crippen molar-refractivity contribution in [1.29, 1.82) is 0 Å². The summed E-state index contributed by atoms with van der Waals surface area (Å²) in [6.45, 7) is 0. The molecule has 2 N–H and O–H groups in total. The van der Waals surface area contributed by atoms with Gasteiger partial charge >= 0.3 is 0 Å². The van der Waals surface area contributed by atoms with Crippen LogP contribution in [0.1, 0.15) is 10.4 Å². The lowest BCUT2D eigenvalue weighted by Gasteiger charge is -2.04. The van der Waals surface area contributed by atoms with Crippen molar-refractivity contribution < 1.29 is 9.90 Å². The zero-order valence-corrected chi connectivity index (χ0v) is 9.64. The van der Waals surface area contributed by atoms with E-state index in [1.165, 1.54) is 6.07 Å². The lowest BCUT2D eigenvalue weighted by molar-refractivity contribution is 0.0962. The van der Waals surface area contributed by atoms with E-state index in [-0.39, 0.29) is 11.7 Å². The molecule has 2 aromatic rings. The molecule has 5 heteroatoms. The Balaban J connectivity index is 2.48. The highest BCUT2D eigenvalue weighted by Gasteiger charge is 2.09. The van der Waals surface area contributed by atoms with E-state index in [2.05, 4.69) is 10.4 Å². The van der Waals surface area contributed by atoms with Crippen LogP contribution in [0.3, 0.4) is 0 Å². The van der Waals surface area contributed by atoms with Crippen molar-refractivity contribution in [2.75, 3.05) is 7.05 Å². The van der Waals surface area contributed by atoms with Crippen molar-refractivity contribution in [2.24, 2.45) is 7.05 Å². The van der Waals surface area contributed by atoms with E-state index < -0.39 is 0 Å². The van der Waals surface area contributed by atoms with Gasteiger partial charge in [0.05, 0.1) is 6.20 Å². The maximum atomic E-state index is 11.5. The minimum Gasteiger partial charge on any atom is -0.508 e. The highest BCUT2D eigenvalue weighted by molar-refractivity contribution is 5.95. The van der Waals surface area contributed by atoms with Crippen molar-refractivity contribution in [1.82, 2.24) is 15.1 Å². The van der Waals surface area contributed by atoms with E-state index in [1.807, 2.05) is 13.2 Å². The van der Waals surface area contributed by atoms with E-state index in [4.69, 9.17) is 0 Å². The SMILES string of the molecule is CNC(=O)c1cc(O)cc(-c2cnn(C)c2)c1. The van der Waals surface area contributed by atoms with Gasteiger partial charge in [-0.1, -0.05) is 0 Å². The van der Waals surface area contributed by atoms with Gasteiger partial charge in [0.2, 0.25) is 0 Å². The summed E-state index contributed by atoms with van der Waals surface area (Å²) in [5.74, 6) is -0.170. The second kappa shape index (κ2) is 4.29. The Kier molecular flexibility index (Phi) is 2.82. The third-order valence-corrected chi connectivity index (χ3v) is 2.45. The first-order valence-corrected chi connectivity index (χ1v) is 5.15. The summed E-state index contributed by atoms with van der Waals surface area (Å²) in [7, 11) is 3.36. The molecule has 0 aliphatic carbocycles. The quantitative estimate of drug-likeness (QED) is 0.814. The fraction of sp³-hybridized carbons (Fsp3) is 0.167.